The molecule has 0 atom stereocenters. The van der Waals surface area contributed by atoms with E-state index in [9.17, 15) is 47.8 Å². The van der Waals surface area contributed by atoms with Crippen LogP contribution in [0.3, 0.4) is 0 Å². The van der Waals surface area contributed by atoms with Crippen molar-refractivity contribution in [1.29, 1.82) is 0 Å². The van der Waals surface area contributed by atoms with Crippen molar-refractivity contribution in [3.63, 3.8) is 0 Å². The molecule has 0 spiro atoms. The van der Waals surface area contributed by atoms with E-state index in [1.165, 1.54) is 75.1 Å². The first-order chi connectivity index (χ1) is 40.4. The maximum Gasteiger partial charge on any atom is 2.00 e. The second-order valence-corrected chi connectivity index (χ2v) is 19.8. The number of ether oxygens (including phenoxy) is 6. The predicted octanol–water partition coefficient (Wildman–Crippen LogP) is 9.03. The predicted molar refractivity (Wildman–Crippen MR) is 306 cm³/mol. The third-order valence-corrected chi connectivity index (χ3v) is 14.2. The van der Waals surface area contributed by atoms with Gasteiger partial charge in [-0.25, -0.2) is 8.78 Å². The number of nitrogens with zero attached hydrogens (tertiary/aromatic N) is 2. The van der Waals surface area contributed by atoms with Gasteiger partial charge < -0.3 is 69.5 Å². The van der Waals surface area contributed by atoms with Crippen LogP contribution in [-0.4, -0.2) is 111 Å². The van der Waals surface area contributed by atoms with Gasteiger partial charge in [-0.05, 0) is 123 Å². The topological polar surface area (TPSA) is 278 Å². The van der Waals surface area contributed by atoms with E-state index in [0.29, 0.717) is 93.4 Å². The molecule has 0 bridgehead atoms. The normalized spacial score (nSPS) is 13.1. The van der Waals surface area contributed by atoms with Gasteiger partial charge >= 0.3 is 37.7 Å². The summed E-state index contributed by atoms with van der Waals surface area (Å²) in [4.78, 5) is 82.4. The molecule has 2 aromatic heterocycles. The number of hydrogen-bond donors (Lipinski definition) is 4. The molecule has 20 nitrogen and oxygen atoms in total. The van der Waals surface area contributed by atoms with Gasteiger partial charge in [-0.1, -0.05) is 35.3 Å². The molecule has 2 aliphatic rings. The molecule has 4 N–H and O–H groups in total. The number of carbonyl (C=O) groups is 6. The van der Waals surface area contributed by atoms with Gasteiger partial charge in [0.15, 0.2) is 23.0 Å². The Morgan fingerprint density at radius 3 is 1.20 bits per heavy atom. The van der Waals surface area contributed by atoms with E-state index >= 15 is 0 Å². The summed E-state index contributed by atoms with van der Waals surface area (Å²) in [5.74, 6) is -2.88. The van der Waals surface area contributed by atoms with Crippen LogP contribution in [0.4, 0.5) is 31.5 Å². The summed E-state index contributed by atoms with van der Waals surface area (Å²) in [6.07, 6.45) is 3.86. The van der Waals surface area contributed by atoms with Crippen LogP contribution in [0.5, 0.6) is 46.0 Å². The van der Waals surface area contributed by atoms with Crippen LogP contribution >= 0.6 is 23.2 Å². The number of amides is 4. The number of anilines is 4. The molecule has 25 heteroatoms. The smallest absolute Gasteiger partial charge is 0.550 e. The van der Waals surface area contributed by atoms with Crippen molar-refractivity contribution < 1.29 is 76.2 Å². The fraction of sp³-hybridized carbons (Fsp3) is 0.200. The Kier molecular flexibility index (Phi) is 20.2. The number of pyridine rings is 2. The second kappa shape index (κ2) is 27.4. The summed E-state index contributed by atoms with van der Waals surface area (Å²) in [5.41, 5.74) is -0.308. The van der Waals surface area contributed by atoms with Crippen LogP contribution < -0.4 is 59.9 Å². The molecule has 0 saturated heterocycles. The third kappa shape index (κ3) is 14.9. The van der Waals surface area contributed by atoms with Gasteiger partial charge in [0.1, 0.15) is 55.5 Å². The second-order valence-electron chi connectivity index (χ2n) is 19.0. The number of aliphatic carboxylic acids is 2. The van der Waals surface area contributed by atoms with Crippen LogP contribution in [-0.2, 0) is 28.8 Å². The molecular formula is C60H48CaCl2F2N6O14. The van der Waals surface area contributed by atoms with Crippen LogP contribution in [0.1, 0.15) is 38.5 Å². The van der Waals surface area contributed by atoms with E-state index < -0.39 is 58.0 Å². The fourth-order valence-corrected chi connectivity index (χ4v) is 8.92. The number of nitrogens with one attached hydrogen (secondary N) is 4. The monoisotopic (exact) mass is 1220 g/mol. The average molecular weight is 1230 g/mol. The number of carboxylic acid groups (broad SMARTS) is 2. The number of carboxylic acids is 2. The molecule has 0 aliphatic heterocycles. The Balaban J connectivity index is 0.000000219. The zero-order valence-corrected chi connectivity index (χ0v) is 48.9. The van der Waals surface area contributed by atoms with E-state index in [-0.39, 0.29) is 96.7 Å². The van der Waals surface area contributed by atoms with Gasteiger partial charge in [-0.2, -0.15) is 0 Å². The van der Waals surface area contributed by atoms with E-state index in [1.807, 2.05) is 0 Å². The number of aromatic nitrogens is 2. The van der Waals surface area contributed by atoms with Gasteiger partial charge in [0.25, 0.3) is 0 Å². The average Bonchev–Trinajstić information content (AvgIpc) is 3.21. The minimum Gasteiger partial charge on any atom is -0.550 e. The van der Waals surface area contributed by atoms with E-state index in [1.54, 1.807) is 72.8 Å². The number of hydrogen-bond acceptors (Lipinski definition) is 16. The van der Waals surface area contributed by atoms with Crippen molar-refractivity contribution in [3.05, 3.63) is 155 Å². The molecule has 85 heavy (non-hydrogen) atoms. The molecular weight excluding hydrogens is 1180 g/mol. The quantitative estimate of drug-likeness (QED) is 0.0364. The SMILES string of the molecule is COc1cc2c(Oc3cccc(NC(=O)C4(C(=O)Nc5ccc(F)cc5)CC4)c3Cl)ccnc2cc1OCCC(=O)[O-].COc1cc2c(Oc3cccc(NC(=O)C4(C(=O)Nc5ccc(F)cc5)CC4)c3Cl)ccnc2cc1OCCC(=O)[O-].[Ca+2]. The van der Waals surface area contributed by atoms with Gasteiger partial charge in [0.05, 0.1) is 49.8 Å². The zero-order chi connectivity index (χ0) is 59.7. The number of benzene rings is 6. The van der Waals surface area contributed by atoms with Gasteiger partial charge in [0.2, 0.25) is 23.6 Å². The first kappa shape index (κ1) is 62.5. The minimum absolute atomic E-state index is 0. The Labute approximate surface area is 523 Å². The van der Waals surface area contributed by atoms with Gasteiger partial charge in [0, 0.05) is 71.5 Å². The maximum absolute atomic E-state index is 13.2. The Morgan fingerprint density at radius 2 is 0.859 bits per heavy atom. The fourth-order valence-electron chi connectivity index (χ4n) is 8.49. The van der Waals surface area contributed by atoms with Crippen molar-refractivity contribution in [1.82, 2.24) is 9.97 Å². The molecule has 6 aromatic carbocycles. The molecule has 0 unspecified atom stereocenters. The molecule has 10 rings (SSSR count). The number of halogens is 4. The van der Waals surface area contributed by atoms with E-state index in [4.69, 9.17) is 51.6 Å². The third-order valence-electron chi connectivity index (χ3n) is 13.4. The molecule has 2 saturated carbocycles. The first-order valence-electron chi connectivity index (χ1n) is 25.7. The summed E-state index contributed by atoms with van der Waals surface area (Å²) in [7, 11) is 2.89. The number of fused-ring (bicyclic) bond motifs is 2. The largest absolute Gasteiger partial charge is 2.00 e. The van der Waals surface area contributed by atoms with Gasteiger partial charge in [-0.15, -0.1) is 0 Å². The Hall–Kier alpha value is -8.54. The van der Waals surface area contributed by atoms with Crippen molar-refractivity contribution >= 4 is 141 Å². The molecule has 432 valence electrons. The first-order valence-corrected chi connectivity index (χ1v) is 26.4. The zero-order valence-electron chi connectivity index (χ0n) is 45.2. The van der Waals surface area contributed by atoms with Crippen molar-refractivity contribution in [2.75, 3.05) is 48.7 Å². The number of carbonyl (C=O) groups excluding carboxylic acids is 6. The Bertz CT molecular complexity index is 3610. The minimum atomic E-state index is -1.27. The molecule has 2 fully saturated rings. The molecule has 2 aliphatic carbocycles. The summed E-state index contributed by atoms with van der Waals surface area (Å²) >= 11 is 13.3. The summed E-state index contributed by atoms with van der Waals surface area (Å²) < 4.78 is 60.5. The van der Waals surface area contributed by atoms with Gasteiger partial charge in [-0.3, -0.25) is 29.1 Å². The maximum atomic E-state index is 13.2. The van der Waals surface area contributed by atoms with Crippen molar-refractivity contribution in [2.45, 2.75) is 38.5 Å². The van der Waals surface area contributed by atoms with Crippen LogP contribution in [0.2, 0.25) is 10.0 Å². The molecule has 2 heterocycles. The van der Waals surface area contributed by atoms with Crippen LogP contribution in [0, 0.1) is 22.5 Å². The molecule has 8 aromatic rings. The Morgan fingerprint density at radius 1 is 0.494 bits per heavy atom. The summed E-state index contributed by atoms with van der Waals surface area (Å²) in [6, 6.07) is 30.0. The molecule has 0 radical (unpaired) electrons. The standard InChI is InChI=1S/2C30H25ClFN3O7.Ca/c2*1-40-24-15-19-21(16-25(24)41-14-10-26(36)37)33-13-9-22(19)42-23-4-2-3-20(27(23)31)35-29(39)30(11-12-30)28(38)34-18-7-5-17(32)6-8-18;/h2*2-9,13,15-16H,10-12,14H2,1H3,(H,34,38)(H,35,39)(H,36,37);/q;;+2/p-2. The van der Waals surface area contributed by atoms with Crippen LogP contribution in [0.25, 0.3) is 21.8 Å². The van der Waals surface area contributed by atoms with E-state index in [0.717, 1.165) is 0 Å². The van der Waals surface area contributed by atoms with E-state index in [2.05, 4.69) is 31.2 Å². The number of methoxy groups -OCH3 is 2. The van der Waals surface area contributed by atoms with Crippen LogP contribution in [0.15, 0.2) is 134 Å². The number of rotatable bonds is 22. The van der Waals surface area contributed by atoms with Crippen molar-refractivity contribution in [3.8, 4) is 46.0 Å². The molecule has 4 amide bonds. The summed E-state index contributed by atoms with van der Waals surface area (Å²) in [5, 5.41) is 33.6. The van der Waals surface area contributed by atoms with Crippen molar-refractivity contribution in [2.24, 2.45) is 10.8 Å². The summed E-state index contributed by atoms with van der Waals surface area (Å²) in [6.45, 7) is -0.215.